The number of aliphatic hydroxyl groups is 1. The fourth-order valence-corrected chi connectivity index (χ4v) is 1.52. The molecule has 2 N–H and O–H groups in total. The summed E-state index contributed by atoms with van der Waals surface area (Å²) in [5, 5.41) is 11.3. The van der Waals surface area contributed by atoms with Gasteiger partial charge in [-0.3, -0.25) is 4.79 Å². The van der Waals surface area contributed by atoms with E-state index < -0.39 is 0 Å². The van der Waals surface area contributed by atoms with Crippen molar-refractivity contribution in [2.24, 2.45) is 0 Å². The molecule has 0 saturated heterocycles. The minimum absolute atomic E-state index is 0.0509. The first kappa shape index (κ1) is 12.7. The summed E-state index contributed by atoms with van der Waals surface area (Å²) in [6.45, 7) is 2.73. The van der Waals surface area contributed by atoms with Crippen LogP contribution >= 0.6 is 0 Å². The number of amides is 1. The van der Waals surface area contributed by atoms with Gasteiger partial charge in [-0.2, -0.15) is 0 Å². The van der Waals surface area contributed by atoms with E-state index >= 15 is 0 Å². The van der Waals surface area contributed by atoms with Crippen molar-refractivity contribution in [3.63, 3.8) is 0 Å². The standard InChI is InChI=1S/C13H19NO2/c1-11-4-2-5-12(10-11)6-7-13(16)14-8-3-9-15/h2,4-5,10,15H,3,6-9H2,1H3,(H,14,16). The zero-order chi connectivity index (χ0) is 11.8. The van der Waals surface area contributed by atoms with Gasteiger partial charge in [0.25, 0.3) is 0 Å². The molecule has 0 fully saturated rings. The molecule has 0 bridgehead atoms. The predicted molar refractivity (Wildman–Crippen MR) is 64.2 cm³/mol. The summed E-state index contributed by atoms with van der Waals surface area (Å²) in [6, 6.07) is 8.19. The number of carbonyl (C=O) groups excluding carboxylic acids is 1. The molecule has 0 saturated carbocycles. The van der Waals surface area contributed by atoms with Crippen LogP contribution in [0.1, 0.15) is 24.0 Å². The van der Waals surface area contributed by atoms with Gasteiger partial charge in [0.15, 0.2) is 0 Å². The largest absolute Gasteiger partial charge is 0.396 e. The van der Waals surface area contributed by atoms with E-state index in [1.54, 1.807) is 0 Å². The van der Waals surface area contributed by atoms with Crippen LogP contribution in [0.2, 0.25) is 0 Å². The smallest absolute Gasteiger partial charge is 0.220 e. The Balaban J connectivity index is 2.26. The third-order valence-corrected chi connectivity index (χ3v) is 2.38. The quantitative estimate of drug-likeness (QED) is 0.714. The van der Waals surface area contributed by atoms with Gasteiger partial charge in [-0.25, -0.2) is 0 Å². The number of nitrogens with one attached hydrogen (secondary N) is 1. The number of benzene rings is 1. The summed E-state index contributed by atoms with van der Waals surface area (Å²) < 4.78 is 0. The van der Waals surface area contributed by atoms with Crippen LogP contribution < -0.4 is 5.32 Å². The number of hydrogen-bond donors (Lipinski definition) is 2. The van der Waals surface area contributed by atoms with Crippen molar-refractivity contribution in [1.29, 1.82) is 0 Å². The van der Waals surface area contributed by atoms with Crippen LogP contribution in [0.3, 0.4) is 0 Å². The Hall–Kier alpha value is -1.35. The number of rotatable bonds is 6. The molecular weight excluding hydrogens is 202 g/mol. The summed E-state index contributed by atoms with van der Waals surface area (Å²) in [5.74, 6) is 0.0509. The van der Waals surface area contributed by atoms with E-state index in [1.807, 2.05) is 25.1 Å². The SMILES string of the molecule is Cc1cccc(CCC(=O)NCCCO)c1. The number of hydrogen-bond acceptors (Lipinski definition) is 2. The first-order valence-corrected chi connectivity index (χ1v) is 5.65. The van der Waals surface area contributed by atoms with Crippen LogP contribution in [-0.2, 0) is 11.2 Å². The second kappa shape index (κ2) is 7.01. The van der Waals surface area contributed by atoms with E-state index in [2.05, 4.69) is 11.4 Å². The van der Waals surface area contributed by atoms with Crippen molar-refractivity contribution in [3.8, 4) is 0 Å². The van der Waals surface area contributed by atoms with E-state index in [4.69, 9.17) is 5.11 Å². The van der Waals surface area contributed by atoms with Gasteiger partial charge in [0.1, 0.15) is 0 Å². The van der Waals surface area contributed by atoms with Crippen molar-refractivity contribution in [1.82, 2.24) is 5.32 Å². The van der Waals surface area contributed by atoms with Gasteiger partial charge in [0.05, 0.1) is 0 Å². The fraction of sp³-hybridized carbons (Fsp3) is 0.462. The Morgan fingerprint density at radius 1 is 1.44 bits per heavy atom. The molecule has 0 aliphatic rings. The average molecular weight is 221 g/mol. The minimum atomic E-state index is 0.0509. The summed E-state index contributed by atoms with van der Waals surface area (Å²) in [7, 11) is 0. The normalized spacial score (nSPS) is 10.1. The number of aliphatic hydroxyl groups excluding tert-OH is 1. The monoisotopic (exact) mass is 221 g/mol. The van der Waals surface area contributed by atoms with Crippen molar-refractivity contribution in [2.45, 2.75) is 26.2 Å². The summed E-state index contributed by atoms with van der Waals surface area (Å²) in [6.07, 6.45) is 1.90. The van der Waals surface area contributed by atoms with E-state index in [0.717, 1.165) is 6.42 Å². The Kier molecular flexibility index (Phi) is 5.57. The lowest BCUT2D eigenvalue weighted by Gasteiger charge is -2.04. The zero-order valence-electron chi connectivity index (χ0n) is 9.70. The second-order valence-electron chi connectivity index (χ2n) is 3.92. The molecule has 16 heavy (non-hydrogen) atoms. The molecule has 0 unspecified atom stereocenters. The third-order valence-electron chi connectivity index (χ3n) is 2.38. The zero-order valence-corrected chi connectivity index (χ0v) is 9.70. The van der Waals surface area contributed by atoms with Crippen LogP contribution in [0.5, 0.6) is 0 Å². The molecule has 88 valence electrons. The molecular formula is C13H19NO2. The first-order valence-electron chi connectivity index (χ1n) is 5.65. The molecule has 0 radical (unpaired) electrons. The topological polar surface area (TPSA) is 49.3 Å². The molecule has 1 amide bonds. The molecule has 0 atom stereocenters. The highest BCUT2D eigenvalue weighted by atomic mass is 16.3. The molecule has 1 aromatic carbocycles. The Morgan fingerprint density at radius 3 is 2.94 bits per heavy atom. The maximum Gasteiger partial charge on any atom is 0.220 e. The van der Waals surface area contributed by atoms with Crippen LogP contribution in [0.15, 0.2) is 24.3 Å². The molecule has 3 nitrogen and oxygen atoms in total. The maximum absolute atomic E-state index is 11.4. The van der Waals surface area contributed by atoms with Crippen LogP contribution in [0.25, 0.3) is 0 Å². The van der Waals surface area contributed by atoms with Gasteiger partial charge in [-0.1, -0.05) is 29.8 Å². The van der Waals surface area contributed by atoms with E-state index in [9.17, 15) is 4.79 Å². The Morgan fingerprint density at radius 2 is 2.25 bits per heavy atom. The van der Waals surface area contributed by atoms with Gasteiger partial charge in [0.2, 0.25) is 5.91 Å². The Bertz CT molecular complexity index is 336. The predicted octanol–water partition coefficient (Wildman–Crippen LogP) is 1.43. The van der Waals surface area contributed by atoms with Crippen molar-refractivity contribution in [2.75, 3.05) is 13.2 Å². The molecule has 0 aliphatic heterocycles. The first-order chi connectivity index (χ1) is 7.72. The summed E-state index contributed by atoms with van der Waals surface area (Å²) in [5.41, 5.74) is 2.41. The molecule has 0 aromatic heterocycles. The summed E-state index contributed by atoms with van der Waals surface area (Å²) >= 11 is 0. The van der Waals surface area contributed by atoms with E-state index in [0.29, 0.717) is 19.4 Å². The van der Waals surface area contributed by atoms with Gasteiger partial charge < -0.3 is 10.4 Å². The minimum Gasteiger partial charge on any atom is -0.396 e. The van der Waals surface area contributed by atoms with Crippen molar-refractivity contribution >= 4 is 5.91 Å². The van der Waals surface area contributed by atoms with E-state index in [1.165, 1.54) is 11.1 Å². The highest BCUT2D eigenvalue weighted by Crippen LogP contribution is 2.06. The lowest BCUT2D eigenvalue weighted by molar-refractivity contribution is -0.121. The second-order valence-corrected chi connectivity index (χ2v) is 3.92. The van der Waals surface area contributed by atoms with Crippen LogP contribution in [0.4, 0.5) is 0 Å². The molecule has 0 heterocycles. The van der Waals surface area contributed by atoms with Crippen molar-refractivity contribution < 1.29 is 9.90 Å². The van der Waals surface area contributed by atoms with Gasteiger partial charge >= 0.3 is 0 Å². The fourth-order valence-electron chi connectivity index (χ4n) is 1.52. The highest BCUT2D eigenvalue weighted by molar-refractivity contribution is 5.76. The number of aryl methyl sites for hydroxylation is 2. The molecule has 1 aromatic rings. The lowest BCUT2D eigenvalue weighted by atomic mass is 10.1. The van der Waals surface area contributed by atoms with Crippen molar-refractivity contribution in [3.05, 3.63) is 35.4 Å². The average Bonchev–Trinajstić information content (AvgIpc) is 2.27. The van der Waals surface area contributed by atoms with Crippen LogP contribution in [0, 0.1) is 6.92 Å². The highest BCUT2D eigenvalue weighted by Gasteiger charge is 2.01. The van der Waals surface area contributed by atoms with E-state index in [-0.39, 0.29) is 12.5 Å². The molecule has 0 aliphatic carbocycles. The lowest BCUT2D eigenvalue weighted by Crippen LogP contribution is -2.25. The Labute approximate surface area is 96.5 Å². The van der Waals surface area contributed by atoms with Crippen LogP contribution in [-0.4, -0.2) is 24.2 Å². The maximum atomic E-state index is 11.4. The van der Waals surface area contributed by atoms with Gasteiger partial charge in [-0.05, 0) is 25.3 Å². The summed E-state index contributed by atoms with van der Waals surface area (Å²) in [4.78, 5) is 11.4. The molecule has 0 spiro atoms. The number of carbonyl (C=O) groups is 1. The molecule has 1 rings (SSSR count). The molecule has 3 heteroatoms. The van der Waals surface area contributed by atoms with Gasteiger partial charge in [-0.15, -0.1) is 0 Å². The third kappa shape index (κ3) is 4.94. The van der Waals surface area contributed by atoms with Gasteiger partial charge in [0, 0.05) is 19.6 Å².